The van der Waals surface area contributed by atoms with Crippen molar-refractivity contribution < 1.29 is 17.9 Å². The molecule has 1 N–H and O–H groups in total. The number of rotatable bonds is 6. The number of amides is 1. The van der Waals surface area contributed by atoms with Crippen LogP contribution in [0.2, 0.25) is 5.02 Å². The predicted molar refractivity (Wildman–Crippen MR) is 110 cm³/mol. The Hall–Kier alpha value is -2.09. The lowest BCUT2D eigenvalue weighted by atomic mass is 9.98. The smallest absolute Gasteiger partial charge is 0.228 e. The molecule has 1 fully saturated rings. The number of carbonyl (C=O) groups is 1. The molecule has 0 bridgehead atoms. The summed E-state index contributed by atoms with van der Waals surface area (Å²) in [5, 5.41) is 3.30. The Morgan fingerprint density at radius 2 is 2.00 bits per heavy atom. The van der Waals surface area contributed by atoms with Crippen LogP contribution in [-0.2, 0) is 20.6 Å². The largest absolute Gasteiger partial charge is 0.495 e. The highest BCUT2D eigenvalue weighted by molar-refractivity contribution is 7.88. The van der Waals surface area contributed by atoms with E-state index >= 15 is 0 Å². The maximum absolute atomic E-state index is 12.8. The number of halogens is 1. The highest BCUT2D eigenvalue weighted by Crippen LogP contribution is 2.29. The second kappa shape index (κ2) is 8.94. The van der Waals surface area contributed by atoms with Crippen molar-refractivity contribution in [1.82, 2.24) is 4.31 Å². The second-order valence-electron chi connectivity index (χ2n) is 6.77. The number of nitrogens with one attached hydrogen (secondary N) is 1. The van der Waals surface area contributed by atoms with E-state index in [9.17, 15) is 13.2 Å². The molecule has 1 heterocycles. The average molecular weight is 423 g/mol. The minimum atomic E-state index is -3.49. The van der Waals surface area contributed by atoms with Gasteiger partial charge in [-0.3, -0.25) is 4.79 Å². The predicted octanol–water partition coefficient (Wildman–Crippen LogP) is 3.53. The zero-order valence-corrected chi connectivity index (χ0v) is 17.2. The summed E-state index contributed by atoms with van der Waals surface area (Å²) in [6.07, 6.45) is 1.27. The molecule has 150 valence electrons. The van der Waals surface area contributed by atoms with Gasteiger partial charge in [0.15, 0.2) is 0 Å². The van der Waals surface area contributed by atoms with E-state index in [0.717, 1.165) is 5.56 Å². The molecule has 0 spiro atoms. The zero-order chi connectivity index (χ0) is 20.1. The number of carbonyl (C=O) groups excluding carboxylic acids is 1. The average Bonchev–Trinajstić information content (AvgIpc) is 2.69. The first-order valence-corrected chi connectivity index (χ1v) is 11.0. The van der Waals surface area contributed by atoms with E-state index < -0.39 is 15.9 Å². The van der Waals surface area contributed by atoms with Gasteiger partial charge < -0.3 is 10.1 Å². The van der Waals surface area contributed by atoms with Crippen LogP contribution in [0.25, 0.3) is 0 Å². The first-order chi connectivity index (χ1) is 13.4. The van der Waals surface area contributed by atoms with Gasteiger partial charge in [0, 0.05) is 18.1 Å². The third kappa shape index (κ3) is 5.04. The summed E-state index contributed by atoms with van der Waals surface area (Å²) in [7, 11) is -1.98. The molecule has 1 aliphatic heterocycles. The second-order valence-corrected chi connectivity index (χ2v) is 9.18. The third-order valence-electron chi connectivity index (χ3n) is 4.76. The van der Waals surface area contributed by atoms with Crippen molar-refractivity contribution in [2.75, 3.05) is 25.5 Å². The van der Waals surface area contributed by atoms with Crippen molar-refractivity contribution in [3.05, 3.63) is 59.1 Å². The molecule has 1 atom stereocenters. The fourth-order valence-corrected chi connectivity index (χ4v) is 5.08. The molecule has 0 radical (unpaired) electrons. The zero-order valence-electron chi connectivity index (χ0n) is 15.6. The van der Waals surface area contributed by atoms with Crippen molar-refractivity contribution >= 4 is 33.2 Å². The van der Waals surface area contributed by atoms with E-state index in [4.69, 9.17) is 16.3 Å². The monoisotopic (exact) mass is 422 g/mol. The molecule has 0 unspecified atom stereocenters. The summed E-state index contributed by atoms with van der Waals surface area (Å²) in [5.74, 6) is -0.227. The Morgan fingerprint density at radius 3 is 2.71 bits per heavy atom. The molecular weight excluding hydrogens is 400 g/mol. The number of hydrogen-bond acceptors (Lipinski definition) is 4. The van der Waals surface area contributed by atoms with Gasteiger partial charge in [-0.15, -0.1) is 0 Å². The number of piperidine rings is 1. The van der Waals surface area contributed by atoms with Gasteiger partial charge in [-0.2, -0.15) is 0 Å². The van der Waals surface area contributed by atoms with Gasteiger partial charge in [-0.25, -0.2) is 12.7 Å². The molecule has 1 aliphatic rings. The van der Waals surface area contributed by atoms with Crippen molar-refractivity contribution in [1.29, 1.82) is 0 Å². The number of ether oxygens (including phenoxy) is 1. The molecule has 0 aromatic heterocycles. The molecule has 2 aromatic carbocycles. The van der Waals surface area contributed by atoms with Crippen LogP contribution in [-0.4, -0.2) is 38.8 Å². The Balaban J connectivity index is 1.69. The summed E-state index contributed by atoms with van der Waals surface area (Å²) in [6.45, 7) is 0.601. The van der Waals surface area contributed by atoms with E-state index in [0.29, 0.717) is 35.8 Å². The van der Waals surface area contributed by atoms with Gasteiger partial charge in [-0.1, -0.05) is 41.9 Å². The van der Waals surface area contributed by atoms with Gasteiger partial charge in [-0.05, 0) is 36.6 Å². The highest BCUT2D eigenvalue weighted by Gasteiger charge is 2.32. The lowest BCUT2D eigenvalue weighted by molar-refractivity contribution is -0.120. The van der Waals surface area contributed by atoms with Gasteiger partial charge in [0.1, 0.15) is 5.75 Å². The summed E-state index contributed by atoms with van der Waals surface area (Å²) < 4.78 is 32.2. The lowest BCUT2D eigenvalue weighted by Gasteiger charge is -2.31. The molecule has 8 heteroatoms. The molecule has 28 heavy (non-hydrogen) atoms. The van der Waals surface area contributed by atoms with Gasteiger partial charge >= 0.3 is 0 Å². The van der Waals surface area contributed by atoms with Crippen LogP contribution in [0, 0.1) is 5.92 Å². The summed E-state index contributed by atoms with van der Waals surface area (Å²) in [6, 6.07) is 14.0. The van der Waals surface area contributed by atoms with Crippen LogP contribution in [0.5, 0.6) is 5.75 Å². The van der Waals surface area contributed by atoms with Crippen molar-refractivity contribution in [2.45, 2.75) is 18.6 Å². The summed E-state index contributed by atoms with van der Waals surface area (Å²) >= 11 is 6.01. The fraction of sp³-hybridized carbons (Fsp3) is 0.350. The van der Waals surface area contributed by atoms with E-state index in [-0.39, 0.29) is 18.2 Å². The van der Waals surface area contributed by atoms with E-state index in [1.54, 1.807) is 30.3 Å². The normalized spacial score (nSPS) is 17.9. The van der Waals surface area contributed by atoms with Crippen LogP contribution in [0.15, 0.2) is 48.5 Å². The first kappa shape index (κ1) is 20.6. The van der Waals surface area contributed by atoms with Crippen LogP contribution in [0.1, 0.15) is 18.4 Å². The van der Waals surface area contributed by atoms with Gasteiger partial charge in [0.05, 0.1) is 24.5 Å². The SMILES string of the molecule is COc1ccc(Cl)cc1NC(=O)[C@@H]1CCCN(S(=O)(=O)Cc2ccccc2)C1. The number of anilines is 1. The Bertz CT molecular complexity index is 934. The molecule has 0 saturated carbocycles. The Labute approximate surface area is 170 Å². The quantitative estimate of drug-likeness (QED) is 0.772. The third-order valence-corrected chi connectivity index (χ3v) is 6.81. The summed E-state index contributed by atoms with van der Waals surface area (Å²) in [5.41, 5.74) is 1.21. The number of methoxy groups -OCH3 is 1. The number of hydrogen-bond donors (Lipinski definition) is 1. The van der Waals surface area contributed by atoms with Crippen molar-refractivity contribution in [2.24, 2.45) is 5.92 Å². The standard InChI is InChI=1S/C20H23ClN2O4S/c1-27-19-10-9-17(21)12-18(19)22-20(24)16-8-5-11-23(13-16)28(25,26)14-15-6-3-2-4-7-15/h2-4,6-7,9-10,12,16H,5,8,11,13-14H2,1H3,(H,22,24)/t16-/m1/s1. The molecule has 1 amide bonds. The topological polar surface area (TPSA) is 75.7 Å². The highest BCUT2D eigenvalue weighted by atomic mass is 35.5. The molecule has 6 nitrogen and oxygen atoms in total. The molecule has 3 rings (SSSR count). The van der Waals surface area contributed by atoms with Crippen LogP contribution >= 0.6 is 11.6 Å². The maximum atomic E-state index is 12.8. The minimum absolute atomic E-state index is 0.0652. The summed E-state index contributed by atoms with van der Waals surface area (Å²) in [4.78, 5) is 12.7. The Morgan fingerprint density at radius 1 is 1.25 bits per heavy atom. The molecular formula is C20H23ClN2O4S. The fourth-order valence-electron chi connectivity index (χ4n) is 3.30. The maximum Gasteiger partial charge on any atom is 0.228 e. The molecule has 0 aliphatic carbocycles. The van der Waals surface area contributed by atoms with Crippen molar-refractivity contribution in [3.63, 3.8) is 0 Å². The van der Waals surface area contributed by atoms with Gasteiger partial charge in [0.25, 0.3) is 0 Å². The van der Waals surface area contributed by atoms with Crippen LogP contribution in [0.4, 0.5) is 5.69 Å². The number of sulfonamides is 1. The van der Waals surface area contributed by atoms with E-state index in [2.05, 4.69) is 5.32 Å². The van der Waals surface area contributed by atoms with Gasteiger partial charge in [0.2, 0.25) is 15.9 Å². The van der Waals surface area contributed by atoms with E-state index in [1.807, 2.05) is 18.2 Å². The number of nitrogens with zero attached hydrogens (tertiary/aromatic N) is 1. The number of benzene rings is 2. The lowest BCUT2D eigenvalue weighted by Crippen LogP contribution is -2.44. The van der Waals surface area contributed by atoms with Crippen LogP contribution < -0.4 is 10.1 Å². The van der Waals surface area contributed by atoms with Crippen molar-refractivity contribution in [3.8, 4) is 5.75 Å². The van der Waals surface area contributed by atoms with E-state index in [1.165, 1.54) is 11.4 Å². The van der Waals surface area contributed by atoms with Crippen LogP contribution in [0.3, 0.4) is 0 Å². The molecule has 1 saturated heterocycles. The minimum Gasteiger partial charge on any atom is -0.495 e. The Kier molecular flexibility index (Phi) is 6.59. The molecule has 2 aromatic rings. The first-order valence-electron chi connectivity index (χ1n) is 9.05.